The maximum Gasteiger partial charge on any atom is 0.0475 e. The van der Waals surface area contributed by atoms with Crippen molar-refractivity contribution in [1.29, 1.82) is 0 Å². The van der Waals surface area contributed by atoms with Crippen LogP contribution in [0.2, 0.25) is 0 Å². The van der Waals surface area contributed by atoms with Crippen LogP contribution < -0.4 is 5.73 Å². The molecule has 2 N–H and O–H groups in total. The lowest BCUT2D eigenvalue weighted by atomic mass is 9.82. The minimum atomic E-state index is 0.293. The fourth-order valence-electron chi connectivity index (χ4n) is 2.73. The Kier molecular flexibility index (Phi) is 4.38. The number of aromatic nitrogens is 1. The van der Waals surface area contributed by atoms with Crippen molar-refractivity contribution in [3.05, 3.63) is 41.7 Å². The zero-order valence-electron chi connectivity index (χ0n) is 12.3. The molecular weight excluding hydrogens is 234 g/mol. The molecule has 3 heteroatoms. The molecule has 1 aromatic rings. The second-order valence-corrected chi connectivity index (χ2v) is 6.26. The molecule has 1 unspecified atom stereocenters. The molecule has 0 aliphatic carbocycles. The van der Waals surface area contributed by atoms with Gasteiger partial charge in [-0.15, -0.1) is 0 Å². The maximum absolute atomic E-state index is 5.97. The molecule has 0 spiro atoms. The van der Waals surface area contributed by atoms with Crippen molar-refractivity contribution in [3.8, 4) is 0 Å². The van der Waals surface area contributed by atoms with Gasteiger partial charge in [-0.3, -0.25) is 9.88 Å². The SMILES string of the molecule is CC(C)(C)C1=CCN(C(CN)c2ccncc2)CC1. The molecule has 0 amide bonds. The van der Waals surface area contributed by atoms with Crippen LogP contribution in [0.25, 0.3) is 0 Å². The van der Waals surface area contributed by atoms with Crippen LogP contribution in [0.3, 0.4) is 0 Å². The summed E-state index contributed by atoms with van der Waals surface area (Å²) in [6, 6.07) is 4.45. The minimum absolute atomic E-state index is 0.293. The van der Waals surface area contributed by atoms with E-state index in [1.165, 1.54) is 5.56 Å². The quantitative estimate of drug-likeness (QED) is 0.849. The average molecular weight is 259 g/mol. The third-order valence-electron chi connectivity index (χ3n) is 3.96. The molecule has 19 heavy (non-hydrogen) atoms. The predicted octanol–water partition coefficient (Wildman–Crippen LogP) is 2.76. The summed E-state index contributed by atoms with van der Waals surface area (Å²) >= 11 is 0. The van der Waals surface area contributed by atoms with Crippen LogP contribution in [0.1, 0.15) is 38.8 Å². The van der Waals surface area contributed by atoms with Crippen LogP contribution in [-0.4, -0.2) is 29.5 Å². The molecular formula is C16H25N3. The van der Waals surface area contributed by atoms with Crippen LogP contribution in [-0.2, 0) is 0 Å². The van der Waals surface area contributed by atoms with Gasteiger partial charge >= 0.3 is 0 Å². The van der Waals surface area contributed by atoms with Crippen LogP contribution in [0, 0.1) is 5.41 Å². The highest BCUT2D eigenvalue weighted by molar-refractivity contribution is 5.19. The lowest BCUT2D eigenvalue weighted by Gasteiger charge is -2.36. The van der Waals surface area contributed by atoms with E-state index in [-0.39, 0.29) is 0 Å². The summed E-state index contributed by atoms with van der Waals surface area (Å²) in [5, 5.41) is 0. The summed E-state index contributed by atoms with van der Waals surface area (Å²) in [7, 11) is 0. The Labute approximate surface area is 116 Å². The molecule has 0 saturated heterocycles. The van der Waals surface area contributed by atoms with E-state index in [1.807, 2.05) is 12.4 Å². The van der Waals surface area contributed by atoms with Gasteiger partial charge in [0, 0.05) is 38.1 Å². The smallest absolute Gasteiger partial charge is 0.0475 e. The standard InChI is InChI=1S/C16H25N3/c1-16(2,3)14-6-10-19(11-7-14)15(12-17)13-4-8-18-9-5-13/h4-6,8-9,15H,7,10-12,17H2,1-3H3. The molecule has 0 bridgehead atoms. The van der Waals surface area contributed by atoms with Gasteiger partial charge in [-0.05, 0) is 29.5 Å². The first-order chi connectivity index (χ1) is 9.02. The summed E-state index contributed by atoms with van der Waals surface area (Å²) < 4.78 is 0. The summed E-state index contributed by atoms with van der Waals surface area (Å²) in [5.41, 5.74) is 9.10. The van der Waals surface area contributed by atoms with Crippen molar-refractivity contribution in [2.75, 3.05) is 19.6 Å². The maximum atomic E-state index is 5.97. The highest BCUT2D eigenvalue weighted by Crippen LogP contribution is 2.32. The molecule has 1 aromatic heterocycles. The first-order valence-corrected chi connectivity index (χ1v) is 7.06. The first kappa shape index (κ1) is 14.2. The van der Waals surface area contributed by atoms with Crippen molar-refractivity contribution in [1.82, 2.24) is 9.88 Å². The molecule has 1 aliphatic heterocycles. The second-order valence-electron chi connectivity index (χ2n) is 6.26. The fraction of sp³-hybridized carbons (Fsp3) is 0.562. The van der Waals surface area contributed by atoms with Crippen molar-refractivity contribution in [2.24, 2.45) is 11.1 Å². The number of pyridine rings is 1. The van der Waals surface area contributed by atoms with Crippen LogP contribution in [0.4, 0.5) is 0 Å². The van der Waals surface area contributed by atoms with Gasteiger partial charge in [0.25, 0.3) is 0 Å². The molecule has 104 valence electrons. The molecule has 0 saturated carbocycles. The molecule has 1 aliphatic rings. The third kappa shape index (κ3) is 3.43. The lowest BCUT2D eigenvalue weighted by Crippen LogP contribution is -2.38. The first-order valence-electron chi connectivity index (χ1n) is 7.06. The highest BCUT2D eigenvalue weighted by atomic mass is 15.2. The number of hydrogen-bond acceptors (Lipinski definition) is 3. The third-order valence-corrected chi connectivity index (χ3v) is 3.96. The van der Waals surface area contributed by atoms with E-state index in [1.54, 1.807) is 5.57 Å². The lowest BCUT2D eigenvalue weighted by molar-refractivity contribution is 0.209. The van der Waals surface area contributed by atoms with Crippen molar-refractivity contribution >= 4 is 0 Å². The van der Waals surface area contributed by atoms with Gasteiger partial charge in [-0.2, -0.15) is 0 Å². The predicted molar refractivity (Wildman–Crippen MR) is 79.8 cm³/mol. The molecule has 0 aromatic carbocycles. The van der Waals surface area contributed by atoms with Gasteiger partial charge < -0.3 is 5.73 Å². The van der Waals surface area contributed by atoms with E-state index in [4.69, 9.17) is 5.73 Å². The molecule has 2 heterocycles. The van der Waals surface area contributed by atoms with Crippen LogP contribution in [0.5, 0.6) is 0 Å². The Morgan fingerprint density at radius 3 is 2.47 bits per heavy atom. The van der Waals surface area contributed by atoms with Gasteiger partial charge in [-0.25, -0.2) is 0 Å². The highest BCUT2D eigenvalue weighted by Gasteiger charge is 2.25. The average Bonchev–Trinajstić information content (AvgIpc) is 2.40. The Hall–Kier alpha value is -1.19. The Balaban J connectivity index is 2.10. The topological polar surface area (TPSA) is 42.1 Å². The molecule has 0 radical (unpaired) electrons. The molecule has 0 fully saturated rings. The Morgan fingerprint density at radius 1 is 1.32 bits per heavy atom. The van der Waals surface area contributed by atoms with Crippen molar-refractivity contribution < 1.29 is 0 Å². The minimum Gasteiger partial charge on any atom is -0.329 e. The number of rotatable bonds is 3. The second kappa shape index (κ2) is 5.85. The van der Waals surface area contributed by atoms with Gasteiger partial charge in [0.15, 0.2) is 0 Å². The van der Waals surface area contributed by atoms with Crippen LogP contribution in [0.15, 0.2) is 36.2 Å². The zero-order chi connectivity index (χ0) is 13.9. The largest absolute Gasteiger partial charge is 0.329 e. The van der Waals surface area contributed by atoms with E-state index >= 15 is 0 Å². The summed E-state index contributed by atoms with van der Waals surface area (Å²) in [5.74, 6) is 0. The Morgan fingerprint density at radius 2 is 2.00 bits per heavy atom. The summed E-state index contributed by atoms with van der Waals surface area (Å²) in [4.78, 5) is 6.54. The van der Waals surface area contributed by atoms with E-state index < -0.39 is 0 Å². The number of nitrogens with zero attached hydrogens (tertiary/aromatic N) is 2. The van der Waals surface area contributed by atoms with E-state index in [0.29, 0.717) is 18.0 Å². The molecule has 2 rings (SSSR count). The van der Waals surface area contributed by atoms with Crippen LogP contribution >= 0.6 is 0 Å². The zero-order valence-corrected chi connectivity index (χ0v) is 12.3. The normalized spacial score (nSPS) is 19.1. The summed E-state index contributed by atoms with van der Waals surface area (Å²) in [6.07, 6.45) is 7.22. The van der Waals surface area contributed by atoms with Gasteiger partial charge in [0.05, 0.1) is 0 Å². The number of hydrogen-bond donors (Lipinski definition) is 1. The van der Waals surface area contributed by atoms with E-state index in [9.17, 15) is 0 Å². The van der Waals surface area contributed by atoms with E-state index in [0.717, 1.165) is 19.5 Å². The Bertz CT molecular complexity index is 431. The fourth-order valence-corrected chi connectivity index (χ4v) is 2.73. The molecule has 3 nitrogen and oxygen atoms in total. The van der Waals surface area contributed by atoms with Crippen molar-refractivity contribution in [2.45, 2.75) is 33.2 Å². The van der Waals surface area contributed by atoms with Gasteiger partial charge in [0.2, 0.25) is 0 Å². The van der Waals surface area contributed by atoms with Gasteiger partial charge in [0.1, 0.15) is 0 Å². The van der Waals surface area contributed by atoms with Crippen molar-refractivity contribution in [3.63, 3.8) is 0 Å². The van der Waals surface area contributed by atoms with E-state index in [2.05, 4.69) is 48.9 Å². The number of nitrogens with two attached hydrogens (primary N) is 1. The summed E-state index contributed by atoms with van der Waals surface area (Å²) in [6.45, 7) is 9.61. The molecule has 1 atom stereocenters. The van der Waals surface area contributed by atoms with Gasteiger partial charge in [-0.1, -0.05) is 32.4 Å². The monoisotopic (exact) mass is 259 g/mol.